The highest BCUT2D eigenvalue weighted by Crippen LogP contribution is 2.23. The highest BCUT2D eigenvalue weighted by molar-refractivity contribution is 8.15. The molecular weight excluding hydrogens is 274 g/mol. The first kappa shape index (κ1) is 15.1. The van der Waals surface area contributed by atoms with Crippen LogP contribution >= 0.6 is 11.8 Å². The highest BCUT2D eigenvalue weighted by atomic mass is 32.2. The van der Waals surface area contributed by atoms with Crippen LogP contribution in [0, 0.1) is 0 Å². The van der Waals surface area contributed by atoms with Crippen LogP contribution in [0.1, 0.15) is 31.2 Å². The number of nitrogens with one attached hydrogen (secondary N) is 1. The van der Waals surface area contributed by atoms with E-state index >= 15 is 0 Å². The van der Waals surface area contributed by atoms with E-state index in [0.717, 1.165) is 44.1 Å². The van der Waals surface area contributed by atoms with Gasteiger partial charge in [-0.15, -0.1) is 0 Å². The third-order valence-electron chi connectivity index (χ3n) is 3.13. The second-order valence-electron chi connectivity index (χ2n) is 4.77. The van der Waals surface area contributed by atoms with Crippen LogP contribution in [0.3, 0.4) is 0 Å². The largest absolute Gasteiger partial charge is 0.377 e. The zero-order valence-electron chi connectivity index (χ0n) is 11.3. The van der Waals surface area contributed by atoms with Gasteiger partial charge in [0.2, 0.25) is 5.91 Å². The van der Waals surface area contributed by atoms with Gasteiger partial charge in [0.15, 0.2) is 0 Å². The fourth-order valence-corrected chi connectivity index (χ4v) is 2.93. The van der Waals surface area contributed by atoms with Gasteiger partial charge in [0.1, 0.15) is 0 Å². The lowest BCUT2D eigenvalue weighted by Gasteiger charge is -2.06. The Morgan fingerprint density at radius 2 is 1.90 bits per heavy atom. The van der Waals surface area contributed by atoms with Crippen molar-refractivity contribution in [3.8, 4) is 0 Å². The van der Waals surface area contributed by atoms with Gasteiger partial charge in [-0.05, 0) is 18.4 Å². The number of ether oxygens (including phenoxy) is 1. The van der Waals surface area contributed by atoms with E-state index in [-0.39, 0.29) is 16.4 Å². The minimum Gasteiger partial charge on any atom is -0.377 e. The van der Waals surface area contributed by atoms with E-state index in [1.807, 2.05) is 30.3 Å². The van der Waals surface area contributed by atoms with Gasteiger partial charge in [0.25, 0.3) is 5.24 Å². The van der Waals surface area contributed by atoms with Gasteiger partial charge in [-0.25, -0.2) is 0 Å². The van der Waals surface area contributed by atoms with Crippen LogP contribution in [0.25, 0.3) is 0 Å². The molecular formula is C15H19NO3S. The Balaban J connectivity index is 1.48. The molecule has 108 valence electrons. The highest BCUT2D eigenvalue weighted by Gasteiger charge is 2.30. The number of benzene rings is 1. The molecule has 0 bridgehead atoms. The van der Waals surface area contributed by atoms with Crippen molar-refractivity contribution in [3.05, 3.63) is 35.9 Å². The van der Waals surface area contributed by atoms with Gasteiger partial charge in [-0.3, -0.25) is 14.9 Å². The average Bonchev–Trinajstić information content (AvgIpc) is 2.77. The summed E-state index contributed by atoms with van der Waals surface area (Å²) in [6.07, 6.45) is 3.72. The molecule has 1 aliphatic heterocycles. The second kappa shape index (κ2) is 8.07. The minimum absolute atomic E-state index is 0.139. The summed E-state index contributed by atoms with van der Waals surface area (Å²) in [5, 5.41) is 1.90. The third kappa shape index (κ3) is 4.98. The maximum atomic E-state index is 11.3. The minimum atomic E-state index is -0.216. The molecule has 1 aromatic carbocycles. The van der Waals surface area contributed by atoms with Gasteiger partial charge in [-0.2, -0.15) is 0 Å². The number of imide groups is 1. The average molecular weight is 293 g/mol. The maximum Gasteiger partial charge on any atom is 0.286 e. The molecule has 0 aliphatic carbocycles. The van der Waals surface area contributed by atoms with E-state index < -0.39 is 0 Å². The lowest BCUT2D eigenvalue weighted by Crippen LogP contribution is -2.24. The monoisotopic (exact) mass is 293 g/mol. The quantitative estimate of drug-likeness (QED) is 0.748. The van der Waals surface area contributed by atoms with E-state index in [4.69, 9.17) is 4.74 Å². The van der Waals surface area contributed by atoms with Crippen LogP contribution in [-0.4, -0.2) is 23.0 Å². The van der Waals surface area contributed by atoms with E-state index in [9.17, 15) is 9.59 Å². The summed E-state index contributed by atoms with van der Waals surface area (Å²) in [6.45, 7) is 1.38. The summed E-state index contributed by atoms with van der Waals surface area (Å²) >= 11 is 1.11. The van der Waals surface area contributed by atoms with Crippen LogP contribution < -0.4 is 5.32 Å². The van der Waals surface area contributed by atoms with Crippen LogP contribution in [0.2, 0.25) is 0 Å². The maximum absolute atomic E-state index is 11.3. The molecule has 1 unspecified atom stereocenters. The lowest BCUT2D eigenvalue weighted by atomic mass is 10.1. The van der Waals surface area contributed by atoms with Crippen LogP contribution in [0.4, 0.5) is 4.79 Å². The summed E-state index contributed by atoms with van der Waals surface area (Å²) in [7, 11) is 0. The van der Waals surface area contributed by atoms with Crippen LogP contribution in [-0.2, 0) is 16.1 Å². The number of hydrogen-bond acceptors (Lipinski definition) is 4. The molecule has 1 fully saturated rings. The molecule has 20 heavy (non-hydrogen) atoms. The molecule has 5 heteroatoms. The Bertz CT molecular complexity index is 450. The normalized spacial score (nSPS) is 18.3. The van der Waals surface area contributed by atoms with E-state index in [1.54, 1.807) is 0 Å². The zero-order valence-corrected chi connectivity index (χ0v) is 12.2. The summed E-state index contributed by atoms with van der Waals surface area (Å²) in [5.74, 6) is -0.139. The Labute approximate surface area is 123 Å². The molecule has 2 amide bonds. The number of rotatable bonds is 8. The van der Waals surface area contributed by atoms with Crippen molar-refractivity contribution < 1.29 is 14.3 Å². The van der Waals surface area contributed by atoms with Crippen molar-refractivity contribution in [2.45, 2.75) is 37.5 Å². The fraction of sp³-hybridized carbons (Fsp3) is 0.467. The van der Waals surface area contributed by atoms with Crippen molar-refractivity contribution in [3.63, 3.8) is 0 Å². The van der Waals surface area contributed by atoms with Crippen molar-refractivity contribution >= 4 is 22.9 Å². The molecule has 1 aliphatic rings. The zero-order chi connectivity index (χ0) is 14.2. The van der Waals surface area contributed by atoms with Gasteiger partial charge in [0.05, 0.1) is 11.9 Å². The van der Waals surface area contributed by atoms with E-state index in [1.165, 1.54) is 5.56 Å². The molecule has 0 spiro atoms. The molecule has 1 saturated heterocycles. The third-order valence-corrected chi connectivity index (χ3v) is 4.18. The van der Waals surface area contributed by atoms with Gasteiger partial charge in [0, 0.05) is 6.61 Å². The molecule has 0 saturated carbocycles. The first-order valence-corrected chi connectivity index (χ1v) is 7.77. The number of thioether (sulfide) groups is 1. The molecule has 2 rings (SSSR count). The summed E-state index contributed by atoms with van der Waals surface area (Å²) in [5.41, 5.74) is 1.19. The molecule has 4 nitrogen and oxygen atoms in total. The Morgan fingerprint density at radius 3 is 2.60 bits per heavy atom. The van der Waals surface area contributed by atoms with Gasteiger partial charge < -0.3 is 4.74 Å². The Hall–Kier alpha value is -1.33. The predicted octanol–water partition coefficient (Wildman–Crippen LogP) is 3.12. The van der Waals surface area contributed by atoms with E-state index in [0.29, 0.717) is 6.61 Å². The second-order valence-corrected chi connectivity index (χ2v) is 5.95. The fourth-order valence-electron chi connectivity index (χ4n) is 2.06. The van der Waals surface area contributed by atoms with Crippen LogP contribution in [0.15, 0.2) is 30.3 Å². The van der Waals surface area contributed by atoms with Crippen molar-refractivity contribution in [1.29, 1.82) is 0 Å². The van der Waals surface area contributed by atoms with Gasteiger partial charge >= 0.3 is 0 Å². The van der Waals surface area contributed by atoms with Gasteiger partial charge in [-0.1, -0.05) is 54.9 Å². The molecule has 1 N–H and O–H groups in total. The molecule has 1 heterocycles. The van der Waals surface area contributed by atoms with E-state index in [2.05, 4.69) is 5.32 Å². The number of carbonyl (C=O) groups excluding carboxylic acids is 2. The molecule has 1 atom stereocenters. The van der Waals surface area contributed by atoms with Crippen molar-refractivity contribution in [2.75, 3.05) is 6.61 Å². The number of carbonyl (C=O) groups is 2. The Morgan fingerprint density at radius 1 is 1.10 bits per heavy atom. The SMILES string of the molecule is O=C1NC(=O)C(CCCCCOCc2ccccc2)S1. The first-order chi connectivity index (χ1) is 9.75. The summed E-state index contributed by atoms with van der Waals surface area (Å²) < 4.78 is 5.59. The van der Waals surface area contributed by atoms with Crippen molar-refractivity contribution in [2.24, 2.45) is 0 Å². The predicted molar refractivity (Wildman–Crippen MR) is 79.5 cm³/mol. The topological polar surface area (TPSA) is 55.4 Å². The number of amides is 2. The summed E-state index contributed by atoms with van der Waals surface area (Å²) in [4.78, 5) is 22.3. The number of unbranched alkanes of at least 4 members (excludes halogenated alkanes) is 2. The summed E-state index contributed by atoms with van der Waals surface area (Å²) in [6, 6.07) is 10.1. The smallest absolute Gasteiger partial charge is 0.286 e. The first-order valence-electron chi connectivity index (χ1n) is 6.89. The standard InChI is InChI=1S/C15H19NO3S/c17-14-13(20-15(18)16-14)9-5-2-6-10-19-11-12-7-3-1-4-8-12/h1,3-4,7-8,13H,2,5-6,9-11H2,(H,16,17,18). The molecule has 1 aromatic rings. The van der Waals surface area contributed by atoms with Crippen molar-refractivity contribution in [1.82, 2.24) is 5.32 Å². The lowest BCUT2D eigenvalue weighted by molar-refractivity contribution is -0.119. The number of hydrogen-bond donors (Lipinski definition) is 1. The molecule has 0 radical (unpaired) electrons. The molecule has 0 aromatic heterocycles. The van der Waals surface area contributed by atoms with Crippen LogP contribution in [0.5, 0.6) is 0 Å². The Kier molecular flexibility index (Phi) is 6.08.